The number of para-hydroxylation sites is 2. The molecule has 1 atom stereocenters. The van der Waals surface area contributed by atoms with E-state index in [-0.39, 0.29) is 5.91 Å². The molecule has 0 saturated heterocycles. The fraction of sp³-hybridized carbons (Fsp3) is 0.200. The maximum Gasteiger partial charge on any atom is 0.340 e. The lowest BCUT2D eigenvalue weighted by molar-refractivity contribution is 0.0602. The minimum Gasteiger partial charge on any atom is -0.481 e. The molecule has 5 nitrogen and oxygen atoms in total. The fourth-order valence-electron chi connectivity index (χ4n) is 2.76. The molecule has 0 fully saturated rings. The Morgan fingerprint density at radius 3 is 2.44 bits per heavy atom. The topological polar surface area (TPSA) is 57.5 Å². The van der Waals surface area contributed by atoms with Gasteiger partial charge in [0.1, 0.15) is 5.75 Å². The van der Waals surface area contributed by atoms with Crippen LogP contribution in [0.4, 0.5) is 0 Å². The van der Waals surface area contributed by atoms with Gasteiger partial charge in [-0.05, 0) is 31.5 Å². The van der Waals surface area contributed by atoms with Gasteiger partial charge in [0, 0.05) is 11.6 Å². The molecule has 0 spiro atoms. The summed E-state index contributed by atoms with van der Waals surface area (Å²) in [6.45, 7) is 3.62. The van der Waals surface area contributed by atoms with Gasteiger partial charge in [-0.1, -0.05) is 36.4 Å². The summed E-state index contributed by atoms with van der Waals surface area (Å²) in [7, 11) is 1.32. The normalized spacial score (nSPS) is 12.0. The molecule has 0 N–H and O–H groups in total. The van der Waals surface area contributed by atoms with E-state index in [1.54, 1.807) is 19.1 Å². The molecule has 0 amide bonds. The summed E-state index contributed by atoms with van der Waals surface area (Å²) in [5, 5.41) is 0.672. The molecule has 0 aliphatic rings. The Bertz CT molecular complexity index is 942. The first kappa shape index (κ1) is 16.8. The minimum absolute atomic E-state index is 0.255. The second kappa shape index (κ2) is 6.81. The second-order valence-electron chi connectivity index (χ2n) is 5.79. The quantitative estimate of drug-likeness (QED) is 0.679. The standard InChI is InChI=1S/C20H19NO4/c1-13-8-4-7-11-18(13)25-14(2)19(22)21-12-16(20(23)24-3)15-9-5-6-10-17(15)21/h4-12,14H,1-3H3/t14-/m0/s1. The van der Waals surface area contributed by atoms with Crippen LogP contribution in [-0.4, -0.2) is 29.7 Å². The predicted molar refractivity (Wildman–Crippen MR) is 95.2 cm³/mol. The first-order valence-corrected chi connectivity index (χ1v) is 7.98. The molecular formula is C20H19NO4. The predicted octanol–water partition coefficient (Wildman–Crippen LogP) is 3.84. The van der Waals surface area contributed by atoms with Gasteiger partial charge in [-0.25, -0.2) is 4.79 Å². The zero-order valence-electron chi connectivity index (χ0n) is 14.4. The summed E-state index contributed by atoms with van der Waals surface area (Å²) in [4.78, 5) is 24.9. The van der Waals surface area contributed by atoms with Gasteiger partial charge in [-0.15, -0.1) is 0 Å². The van der Waals surface area contributed by atoms with E-state index in [0.717, 1.165) is 5.56 Å². The molecule has 2 aromatic carbocycles. The van der Waals surface area contributed by atoms with Gasteiger partial charge in [0.2, 0.25) is 0 Å². The number of benzene rings is 2. The van der Waals surface area contributed by atoms with Crippen LogP contribution in [0.15, 0.2) is 54.7 Å². The maximum atomic E-state index is 12.9. The van der Waals surface area contributed by atoms with Crippen molar-refractivity contribution in [1.29, 1.82) is 0 Å². The van der Waals surface area contributed by atoms with Crippen molar-refractivity contribution in [3.8, 4) is 5.75 Å². The summed E-state index contributed by atoms with van der Waals surface area (Å²) in [6.07, 6.45) is 0.804. The van der Waals surface area contributed by atoms with Gasteiger partial charge < -0.3 is 9.47 Å². The van der Waals surface area contributed by atoms with Crippen LogP contribution in [0.3, 0.4) is 0 Å². The van der Waals surface area contributed by atoms with Crippen molar-refractivity contribution in [3.05, 3.63) is 65.9 Å². The van der Waals surface area contributed by atoms with Gasteiger partial charge in [0.25, 0.3) is 5.91 Å². The number of aromatic nitrogens is 1. The van der Waals surface area contributed by atoms with Crippen LogP contribution >= 0.6 is 0 Å². The number of esters is 1. The molecule has 3 aromatic rings. The fourth-order valence-corrected chi connectivity index (χ4v) is 2.76. The van der Waals surface area contributed by atoms with E-state index in [0.29, 0.717) is 22.2 Å². The van der Waals surface area contributed by atoms with Gasteiger partial charge in [-0.2, -0.15) is 0 Å². The Morgan fingerprint density at radius 2 is 1.72 bits per heavy atom. The largest absolute Gasteiger partial charge is 0.481 e. The molecule has 25 heavy (non-hydrogen) atoms. The van der Waals surface area contributed by atoms with Crippen LogP contribution in [0, 0.1) is 6.92 Å². The average molecular weight is 337 g/mol. The van der Waals surface area contributed by atoms with Gasteiger partial charge in [0.15, 0.2) is 6.10 Å². The lowest BCUT2D eigenvalue weighted by atomic mass is 10.2. The zero-order chi connectivity index (χ0) is 18.0. The van der Waals surface area contributed by atoms with Crippen molar-refractivity contribution in [1.82, 2.24) is 4.57 Å². The van der Waals surface area contributed by atoms with Crippen LogP contribution in [-0.2, 0) is 4.74 Å². The van der Waals surface area contributed by atoms with E-state index in [1.165, 1.54) is 17.9 Å². The number of fused-ring (bicyclic) bond motifs is 1. The van der Waals surface area contributed by atoms with Gasteiger partial charge in [0.05, 0.1) is 18.2 Å². The first-order valence-electron chi connectivity index (χ1n) is 7.98. The van der Waals surface area contributed by atoms with E-state index in [2.05, 4.69) is 0 Å². The Morgan fingerprint density at radius 1 is 1.04 bits per heavy atom. The highest BCUT2D eigenvalue weighted by Gasteiger charge is 2.23. The number of carbonyl (C=O) groups excluding carboxylic acids is 2. The van der Waals surface area contributed by atoms with Crippen LogP contribution < -0.4 is 4.74 Å². The molecule has 0 saturated carbocycles. The molecule has 128 valence electrons. The number of ether oxygens (including phenoxy) is 2. The first-order chi connectivity index (χ1) is 12.0. The molecule has 0 unspecified atom stereocenters. The third-order valence-electron chi connectivity index (χ3n) is 4.10. The number of carbonyl (C=O) groups is 2. The summed E-state index contributed by atoms with van der Waals surface area (Å²) >= 11 is 0. The third kappa shape index (κ3) is 3.13. The van der Waals surface area contributed by atoms with Crippen molar-refractivity contribution in [2.75, 3.05) is 7.11 Å². The van der Waals surface area contributed by atoms with Gasteiger partial charge in [-0.3, -0.25) is 9.36 Å². The highest BCUT2D eigenvalue weighted by molar-refractivity contribution is 6.07. The Hall–Kier alpha value is -3.08. The number of rotatable bonds is 4. The molecular weight excluding hydrogens is 318 g/mol. The van der Waals surface area contributed by atoms with Crippen molar-refractivity contribution in [2.45, 2.75) is 20.0 Å². The lowest BCUT2D eigenvalue weighted by Crippen LogP contribution is -2.29. The Balaban J connectivity index is 1.97. The Labute approximate surface area is 145 Å². The number of methoxy groups -OCH3 is 1. The van der Waals surface area contributed by atoms with Crippen LogP contribution in [0.5, 0.6) is 5.75 Å². The molecule has 0 bridgehead atoms. The highest BCUT2D eigenvalue weighted by Crippen LogP contribution is 2.24. The average Bonchev–Trinajstić information content (AvgIpc) is 3.02. The number of hydrogen-bond donors (Lipinski definition) is 0. The van der Waals surface area contributed by atoms with E-state index in [4.69, 9.17) is 9.47 Å². The van der Waals surface area contributed by atoms with Crippen molar-refractivity contribution < 1.29 is 19.1 Å². The van der Waals surface area contributed by atoms with E-state index in [9.17, 15) is 9.59 Å². The Kier molecular flexibility index (Phi) is 4.57. The van der Waals surface area contributed by atoms with Crippen molar-refractivity contribution in [2.24, 2.45) is 0 Å². The smallest absolute Gasteiger partial charge is 0.340 e. The molecule has 1 heterocycles. The minimum atomic E-state index is -0.706. The monoisotopic (exact) mass is 337 g/mol. The van der Waals surface area contributed by atoms with Crippen LogP contribution in [0.2, 0.25) is 0 Å². The van der Waals surface area contributed by atoms with Gasteiger partial charge >= 0.3 is 5.97 Å². The molecule has 3 rings (SSSR count). The summed E-state index contributed by atoms with van der Waals surface area (Å²) in [6, 6.07) is 14.7. The molecule has 5 heteroatoms. The molecule has 0 radical (unpaired) electrons. The van der Waals surface area contributed by atoms with E-state index < -0.39 is 12.1 Å². The summed E-state index contributed by atoms with van der Waals surface area (Å²) in [5.74, 6) is -0.0714. The lowest BCUT2D eigenvalue weighted by Gasteiger charge is -2.16. The van der Waals surface area contributed by atoms with Crippen molar-refractivity contribution >= 4 is 22.8 Å². The highest BCUT2D eigenvalue weighted by atomic mass is 16.5. The SMILES string of the molecule is COC(=O)c1cn(C(=O)[C@H](C)Oc2ccccc2C)c2ccccc12. The zero-order valence-corrected chi connectivity index (χ0v) is 14.4. The second-order valence-corrected chi connectivity index (χ2v) is 5.79. The molecule has 1 aromatic heterocycles. The third-order valence-corrected chi connectivity index (χ3v) is 4.10. The number of nitrogens with zero attached hydrogens (tertiary/aromatic N) is 1. The number of hydrogen-bond acceptors (Lipinski definition) is 4. The van der Waals surface area contributed by atoms with Crippen molar-refractivity contribution in [3.63, 3.8) is 0 Å². The van der Waals surface area contributed by atoms with Crippen LogP contribution in [0.25, 0.3) is 10.9 Å². The van der Waals surface area contributed by atoms with E-state index >= 15 is 0 Å². The molecule has 0 aliphatic heterocycles. The summed E-state index contributed by atoms with van der Waals surface area (Å²) < 4.78 is 12.1. The van der Waals surface area contributed by atoms with Crippen LogP contribution in [0.1, 0.15) is 27.6 Å². The number of aryl methyl sites for hydroxylation is 1. The summed E-state index contributed by atoms with van der Waals surface area (Å²) in [5.41, 5.74) is 1.96. The molecule has 0 aliphatic carbocycles. The maximum absolute atomic E-state index is 12.9. The van der Waals surface area contributed by atoms with E-state index in [1.807, 2.05) is 43.3 Å².